The van der Waals surface area contributed by atoms with Gasteiger partial charge in [0.25, 0.3) is 0 Å². The van der Waals surface area contributed by atoms with Gasteiger partial charge in [0.05, 0.1) is 7.11 Å². The molecule has 0 aromatic carbocycles. The van der Waals surface area contributed by atoms with Gasteiger partial charge in [-0.3, -0.25) is 4.79 Å². The van der Waals surface area contributed by atoms with Crippen molar-refractivity contribution in [3.8, 4) is 0 Å². The van der Waals surface area contributed by atoms with Crippen molar-refractivity contribution < 1.29 is 9.53 Å². The number of esters is 1. The van der Waals surface area contributed by atoms with Crippen LogP contribution in [0.4, 0.5) is 0 Å². The first-order valence-electron chi connectivity index (χ1n) is 6.79. The van der Waals surface area contributed by atoms with Gasteiger partial charge >= 0.3 is 5.97 Å². The van der Waals surface area contributed by atoms with E-state index < -0.39 is 0 Å². The van der Waals surface area contributed by atoms with Crippen LogP contribution in [-0.2, 0) is 9.53 Å². The molecule has 0 aromatic heterocycles. The number of methoxy groups -OCH3 is 1. The third kappa shape index (κ3) is 11.5. The minimum atomic E-state index is -0.0965. The molecule has 0 aliphatic rings. The Bertz CT molecular complexity index is 219. The predicted octanol–water partition coefficient (Wildman–Crippen LogP) is 4.49. The van der Waals surface area contributed by atoms with E-state index in [4.69, 9.17) is 0 Å². The molecule has 0 spiro atoms. The maximum atomic E-state index is 10.9. The second-order valence-corrected chi connectivity index (χ2v) is 5.17. The summed E-state index contributed by atoms with van der Waals surface area (Å²) in [5.41, 5.74) is 1.36. The molecule has 0 aliphatic heterocycles. The summed E-state index contributed by atoms with van der Waals surface area (Å²) in [6.07, 6.45) is 8.56. The van der Waals surface area contributed by atoms with Gasteiger partial charge in [0.2, 0.25) is 0 Å². The molecule has 0 bridgehead atoms. The van der Waals surface area contributed by atoms with Gasteiger partial charge in [0.15, 0.2) is 0 Å². The van der Waals surface area contributed by atoms with Crippen molar-refractivity contribution in [3.05, 3.63) is 12.2 Å². The van der Waals surface area contributed by atoms with Crippen LogP contribution in [0.1, 0.15) is 65.2 Å². The van der Waals surface area contributed by atoms with Crippen LogP contribution in [0.2, 0.25) is 0 Å². The molecule has 0 amide bonds. The zero-order valence-electron chi connectivity index (χ0n) is 11.8. The summed E-state index contributed by atoms with van der Waals surface area (Å²) >= 11 is 0. The van der Waals surface area contributed by atoms with Gasteiger partial charge in [-0.15, -0.1) is 0 Å². The van der Waals surface area contributed by atoms with Crippen molar-refractivity contribution in [1.29, 1.82) is 0 Å². The zero-order chi connectivity index (χ0) is 13.1. The molecule has 0 saturated carbocycles. The molecule has 0 unspecified atom stereocenters. The number of allylic oxidation sites excluding steroid dienone is 1. The number of hydrogen-bond acceptors (Lipinski definition) is 2. The zero-order valence-corrected chi connectivity index (χ0v) is 11.8. The van der Waals surface area contributed by atoms with Crippen LogP contribution in [0.5, 0.6) is 0 Å². The van der Waals surface area contributed by atoms with E-state index in [0.29, 0.717) is 6.42 Å². The van der Waals surface area contributed by atoms with Crippen molar-refractivity contribution in [2.24, 2.45) is 5.92 Å². The van der Waals surface area contributed by atoms with Crippen molar-refractivity contribution >= 4 is 5.97 Å². The van der Waals surface area contributed by atoms with Crippen LogP contribution in [-0.4, -0.2) is 13.1 Å². The van der Waals surface area contributed by atoms with Gasteiger partial charge in [-0.1, -0.05) is 38.8 Å². The van der Waals surface area contributed by atoms with Gasteiger partial charge in [0.1, 0.15) is 0 Å². The molecule has 0 atom stereocenters. The summed E-state index contributed by atoms with van der Waals surface area (Å²) in [5.74, 6) is 0.698. The fourth-order valence-corrected chi connectivity index (χ4v) is 1.81. The van der Waals surface area contributed by atoms with Crippen LogP contribution in [0.3, 0.4) is 0 Å². The number of carbonyl (C=O) groups is 1. The standard InChI is InChI=1S/C15H28O2/c1-13(2)9-8-11-14(3)10-6-5-7-12-15(16)17-4/h13H,3,5-12H2,1-2,4H3. The SMILES string of the molecule is C=C(CCCCCC(=O)OC)CCCC(C)C. The van der Waals surface area contributed by atoms with Gasteiger partial charge in [-0.05, 0) is 38.0 Å². The minimum absolute atomic E-state index is 0.0965. The van der Waals surface area contributed by atoms with E-state index in [9.17, 15) is 4.79 Å². The number of rotatable bonds is 10. The quantitative estimate of drug-likeness (QED) is 0.319. The molecule has 0 saturated heterocycles. The first-order chi connectivity index (χ1) is 8.06. The van der Waals surface area contributed by atoms with Crippen molar-refractivity contribution in [2.75, 3.05) is 7.11 Å². The smallest absolute Gasteiger partial charge is 0.305 e. The Morgan fingerprint density at radius 1 is 1.06 bits per heavy atom. The summed E-state index contributed by atoms with van der Waals surface area (Å²) in [6, 6.07) is 0. The molecule has 2 heteroatoms. The van der Waals surface area contributed by atoms with E-state index >= 15 is 0 Å². The van der Waals surface area contributed by atoms with E-state index in [1.807, 2.05) is 0 Å². The lowest BCUT2D eigenvalue weighted by atomic mass is 10.00. The Morgan fingerprint density at radius 2 is 1.65 bits per heavy atom. The molecular weight excluding hydrogens is 212 g/mol. The Morgan fingerprint density at radius 3 is 2.24 bits per heavy atom. The van der Waals surface area contributed by atoms with E-state index in [-0.39, 0.29) is 5.97 Å². The summed E-state index contributed by atoms with van der Waals surface area (Å²) in [7, 11) is 1.44. The molecule has 17 heavy (non-hydrogen) atoms. The van der Waals surface area contributed by atoms with Gasteiger partial charge in [-0.25, -0.2) is 0 Å². The number of unbranched alkanes of at least 4 members (excludes halogenated alkanes) is 2. The lowest BCUT2D eigenvalue weighted by Gasteiger charge is -2.07. The van der Waals surface area contributed by atoms with E-state index in [1.54, 1.807) is 0 Å². The Labute approximate surface area is 106 Å². The summed E-state index contributed by atoms with van der Waals surface area (Å²) in [5, 5.41) is 0. The molecule has 100 valence electrons. The molecule has 0 radical (unpaired) electrons. The molecule has 0 N–H and O–H groups in total. The monoisotopic (exact) mass is 240 g/mol. The second kappa shape index (κ2) is 10.4. The van der Waals surface area contributed by atoms with Gasteiger partial charge < -0.3 is 4.74 Å². The maximum Gasteiger partial charge on any atom is 0.305 e. The predicted molar refractivity (Wildman–Crippen MR) is 72.9 cm³/mol. The third-order valence-electron chi connectivity index (χ3n) is 2.95. The van der Waals surface area contributed by atoms with E-state index in [2.05, 4.69) is 25.2 Å². The van der Waals surface area contributed by atoms with Crippen molar-refractivity contribution in [1.82, 2.24) is 0 Å². The average Bonchev–Trinajstić information content (AvgIpc) is 2.27. The maximum absolute atomic E-state index is 10.9. The van der Waals surface area contributed by atoms with Crippen LogP contribution in [0.15, 0.2) is 12.2 Å². The van der Waals surface area contributed by atoms with Crippen LogP contribution in [0, 0.1) is 5.92 Å². The molecule has 0 rings (SSSR count). The number of hydrogen-bond donors (Lipinski definition) is 0. The summed E-state index contributed by atoms with van der Waals surface area (Å²) < 4.78 is 4.60. The Balaban J connectivity index is 3.30. The lowest BCUT2D eigenvalue weighted by Crippen LogP contribution is -1.99. The second-order valence-electron chi connectivity index (χ2n) is 5.17. The fourth-order valence-electron chi connectivity index (χ4n) is 1.81. The highest BCUT2D eigenvalue weighted by Gasteiger charge is 2.01. The third-order valence-corrected chi connectivity index (χ3v) is 2.95. The van der Waals surface area contributed by atoms with Gasteiger partial charge in [-0.2, -0.15) is 0 Å². The molecule has 0 aromatic rings. The molecular formula is C15H28O2. The Kier molecular flexibility index (Phi) is 9.89. The lowest BCUT2D eigenvalue weighted by molar-refractivity contribution is -0.140. The summed E-state index contributed by atoms with van der Waals surface area (Å²) in [6.45, 7) is 8.63. The minimum Gasteiger partial charge on any atom is -0.469 e. The normalized spacial score (nSPS) is 10.6. The van der Waals surface area contributed by atoms with Gasteiger partial charge in [0, 0.05) is 6.42 Å². The molecule has 0 heterocycles. The largest absolute Gasteiger partial charge is 0.469 e. The number of ether oxygens (including phenoxy) is 1. The highest BCUT2D eigenvalue weighted by Crippen LogP contribution is 2.16. The Hall–Kier alpha value is -0.790. The van der Waals surface area contributed by atoms with Crippen molar-refractivity contribution in [2.45, 2.75) is 65.2 Å². The fraction of sp³-hybridized carbons (Fsp3) is 0.800. The molecule has 0 aliphatic carbocycles. The van der Waals surface area contributed by atoms with Crippen LogP contribution < -0.4 is 0 Å². The average molecular weight is 240 g/mol. The van der Waals surface area contributed by atoms with Crippen LogP contribution in [0.25, 0.3) is 0 Å². The molecule has 0 fully saturated rings. The van der Waals surface area contributed by atoms with E-state index in [0.717, 1.165) is 38.0 Å². The first-order valence-corrected chi connectivity index (χ1v) is 6.79. The van der Waals surface area contributed by atoms with E-state index in [1.165, 1.54) is 25.5 Å². The highest BCUT2D eigenvalue weighted by molar-refractivity contribution is 5.68. The summed E-state index contributed by atoms with van der Waals surface area (Å²) in [4.78, 5) is 10.9. The number of carbonyl (C=O) groups excluding carboxylic acids is 1. The topological polar surface area (TPSA) is 26.3 Å². The highest BCUT2D eigenvalue weighted by atomic mass is 16.5. The first kappa shape index (κ1) is 16.2. The van der Waals surface area contributed by atoms with Crippen molar-refractivity contribution in [3.63, 3.8) is 0 Å². The molecule has 2 nitrogen and oxygen atoms in total. The van der Waals surface area contributed by atoms with Crippen LogP contribution >= 0.6 is 0 Å².